The molecule has 0 heterocycles. The second kappa shape index (κ2) is 6.62. The number of nitrogen functional groups attached to an aromatic ring is 1. The topological polar surface area (TPSA) is 60.2 Å². The van der Waals surface area contributed by atoms with Gasteiger partial charge in [-0.05, 0) is 18.2 Å². The van der Waals surface area contributed by atoms with E-state index >= 15 is 0 Å². The lowest BCUT2D eigenvalue weighted by Crippen LogP contribution is -2.10. The summed E-state index contributed by atoms with van der Waals surface area (Å²) in [6.45, 7) is 0. The number of hydrogen-bond acceptors (Lipinski definition) is 3. The fourth-order valence-corrected chi connectivity index (χ4v) is 1.82. The molecule has 0 saturated carbocycles. The molecule has 0 radical (unpaired) electrons. The van der Waals surface area contributed by atoms with Crippen LogP contribution < -0.4 is 5.73 Å². The maximum absolute atomic E-state index is 11.8. The summed E-state index contributed by atoms with van der Waals surface area (Å²) >= 11 is 11.0. The molecule has 0 amide bonds. The molecule has 1 aromatic carbocycles. The third-order valence-electron chi connectivity index (χ3n) is 2.29. The number of carbonyl (C=O) groups excluding carboxylic acids is 2. The summed E-state index contributed by atoms with van der Waals surface area (Å²) in [6, 6.07) is 4.67. The van der Waals surface area contributed by atoms with Gasteiger partial charge in [0.25, 0.3) is 0 Å². The quantitative estimate of drug-likeness (QED) is 0.493. The van der Waals surface area contributed by atoms with Crippen molar-refractivity contribution < 1.29 is 9.59 Å². The van der Waals surface area contributed by atoms with E-state index in [2.05, 4.69) is 0 Å². The van der Waals surface area contributed by atoms with Gasteiger partial charge in [0.15, 0.2) is 11.6 Å². The molecule has 3 nitrogen and oxygen atoms in total. The Balaban J connectivity index is 3.11. The summed E-state index contributed by atoms with van der Waals surface area (Å²) in [5.41, 5.74) is 6.77. The standard InChI is InChI=1S/C12H13Cl2NO2/c13-5-3-11(16)9-2-1-8(15)7-10(9)12(17)4-6-14/h1-2,7H,3-6,15H2. The zero-order valence-corrected chi connectivity index (χ0v) is 10.7. The molecule has 0 saturated heterocycles. The molecule has 0 spiro atoms. The number of rotatable bonds is 6. The average Bonchev–Trinajstić information content (AvgIpc) is 2.29. The highest BCUT2D eigenvalue weighted by molar-refractivity contribution is 6.21. The van der Waals surface area contributed by atoms with Gasteiger partial charge in [0, 0.05) is 41.4 Å². The van der Waals surface area contributed by atoms with Crippen LogP contribution in [0.5, 0.6) is 0 Å². The fraction of sp³-hybridized carbons (Fsp3) is 0.333. The van der Waals surface area contributed by atoms with Crippen molar-refractivity contribution in [1.29, 1.82) is 0 Å². The normalized spacial score (nSPS) is 10.2. The highest BCUT2D eigenvalue weighted by Crippen LogP contribution is 2.18. The molecule has 5 heteroatoms. The Hall–Kier alpha value is -1.06. The Bertz CT molecular complexity index is 433. The molecule has 17 heavy (non-hydrogen) atoms. The van der Waals surface area contributed by atoms with Gasteiger partial charge in [0.2, 0.25) is 0 Å². The van der Waals surface area contributed by atoms with Crippen molar-refractivity contribution in [3.63, 3.8) is 0 Å². The van der Waals surface area contributed by atoms with E-state index in [0.717, 1.165) is 0 Å². The molecule has 0 fully saturated rings. The molecular formula is C12H13Cl2NO2. The first-order valence-electron chi connectivity index (χ1n) is 5.18. The van der Waals surface area contributed by atoms with Crippen LogP contribution in [0.4, 0.5) is 5.69 Å². The zero-order valence-electron chi connectivity index (χ0n) is 9.21. The van der Waals surface area contributed by atoms with E-state index in [1.54, 1.807) is 12.1 Å². The maximum atomic E-state index is 11.8. The van der Waals surface area contributed by atoms with Crippen LogP contribution in [0.1, 0.15) is 33.6 Å². The predicted molar refractivity (Wildman–Crippen MR) is 70.2 cm³/mol. The fourth-order valence-electron chi connectivity index (χ4n) is 1.48. The maximum Gasteiger partial charge on any atom is 0.164 e. The third kappa shape index (κ3) is 3.72. The van der Waals surface area contributed by atoms with Crippen molar-refractivity contribution in [1.82, 2.24) is 0 Å². The first-order valence-corrected chi connectivity index (χ1v) is 6.25. The van der Waals surface area contributed by atoms with Crippen molar-refractivity contribution >= 4 is 40.5 Å². The lowest BCUT2D eigenvalue weighted by atomic mass is 9.97. The largest absolute Gasteiger partial charge is 0.399 e. The first-order chi connectivity index (χ1) is 8.10. The number of carbonyl (C=O) groups is 2. The zero-order chi connectivity index (χ0) is 12.8. The molecule has 0 unspecified atom stereocenters. The van der Waals surface area contributed by atoms with Gasteiger partial charge in [-0.2, -0.15) is 0 Å². The Labute approximate surface area is 110 Å². The van der Waals surface area contributed by atoms with Crippen molar-refractivity contribution in [3.05, 3.63) is 29.3 Å². The number of benzene rings is 1. The number of halogens is 2. The summed E-state index contributed by atoms with van der Waals surface area (Å²) in [4.78, 5) is 23.6. The molecule has 1 aromatic rings. The van der Waals surface area contributed by atoms with E-state index in [0.29, 0.717) is 16.8 Å². The van der Waals surface area contributed by atoms with Crippen LogP contribution in [0.15, 0.2) is 18.2 Å². The number of Topliss-reactive ketones (excluding diaryl/α,β-unsaturated/α-hetero) is 2. The molecule has 0 aromatic heterocycles. The smallest absolute Gasteiger partial charge is 0.164 e. The van der Waals surface area contributed by atoms with Gasteiger partial charge in [0.1, 0.15) is 0 Å². The Morgan fingerprint density at radius 1 is 1.00 bits per heavy atom. The second-order valence-electron chi connectivity index (χ2n) is 3.53. The molecule has 0 aliphatic heterocycles. The van der Waals surface area contributed by atoms with Gasteiger partial charge in [-0.1, -0.05) is 0 Å². The highest BCUT2D eigenvalue weighted by Gasteiger charge is 2.16. The van der Waals surface area contributed by atoms with Crippen molar-refractivity contribution in [3.8, 4) is 0 Å². The summed E-state index contributed by atoms with van der Waals surface area (Å²) in [5.74, 6) is 0.117. The highest BCUT2D eigenvalue weighted by atomic mass is 35.5. The molecule has 1 rings (SSSR count). The van der Waals surface area contributed by atoms with Gasteiger partial charge in [-0.3, -0.25) is 9.59 Å². The summed E-state index contributed by atoms with van der Waals surface area (Å²) in [7, 11) is 0. The lowest BCUT2D eigenvalue weighted by Gasteiger charge is -2.07. The summed E-state index contributed by atoms with van der Waals surface area (Å²) < 4.78 is 0. The van der Waals surface area contributed by atoms with Gasteiger partial charge in [-0.25, -0.2) is 0 Å². The molecule has 92 valence electrons. The van der Waals surface area contributed by atoms with Crippen molar-refractivity contribution in [2.45, 2.75) is 12.8 Å². The van der Waals surface area contributed by atoms with E-state index in [9.17, 15) is 9.59 Å². The summed E-state index contributed by atoms with van der Waals surface area (Å²) in [6.07, 6.45) is 0.388. The molecule has 0 aliphatic rings. The first kappa shape index (κ1) is 14.0. The van der Waals surface area contributed by atoms with Crippen LogP contribution >= 0.6 is 23.2 Å². The van der Waals surface area contributed by atoms with Gasteiger partial charge >= 0.3 is 0 Å². The van der Waals surface area contributed by atoms with Crippen molar-refractivity contribution in [2.75, 3.05) is 17.5 Å². The molecule has 0 atom stereocenters. The van der Waals surface area contributed by atoms with Crippen LogP contribution in [0, 0.1) is 0 Å². The minimum absolute atomic E-state index is 0.155. The Morgan fingerprint density at radius 3 is 2.06 bits per heavy atom. The third-order valence-corrected chi connectivity index (χ3v) is 2.67. The van der Waals surface area contributed by atoms with E-state index in [4.69, 9.17) is 28.9 Å². The Kier molecular flexibility index (Phi) is 5.45. The van der Waals surface area contributed by atoms with Crippen molar-refractivity contribution in [2.24, 2.45) is 0 Å². The lowest BCUT2D eigenvalue weighted by molar-refractivity contribution is 0.0956. The van der Waals surface area contributed by atoms with Crippen LogP contribution in [-0.2, 0) is 0 Å². The minimum atomic E-state index is -0.176. The monoisotopic (exact) mass is 273 g/mol. The van der Waals surface area contributed by atoms with Crippen LogP contribution in [0.2, 0.25) is 0 Å². The molecule has 0 bridgehead atoms. The molecule has 2 N–H and O–H groups in total. The SMILES string of the molecule is Nc1ccc(C(=O)CCCl)c(C(=O)CCCl)c1. The molecular weight excluding hydrogens is 261 g/mol. The van der Waals surface area contributed by atoms with Gasteiger partial charge < -0.3 is 5.73 Å². The van der Waals surface area contributed by atoms with Crippen LogP contribution in [0.25, 0.3) is 0 Å². The van der Waals surface area contributed by atoms with Gasteiger partial charge in [-0.15, -0.1) is 23.2 Å². The summed E-state index contributed by atoms with van der Waals surface area (Å²) in [5, 5.41) is 0. The number of alkyl halides is 2. The number of hydrogen-bond donors (Lipinski definition) is 1. The number of anilines is 1. The second-order valence-corrected chi connectivity index (χ2v) is 4.29. The van der Waals surface area contributed by atoms with E-state index in [-0.39, 0.29) is 36.2 Å². The van der Waals surface area contributed by atoms with Crippen LogP contribution in [-0.4, -0.2) is 23.3 Å². The van der Waals surface area contributed by atoms with E-state index < -0.39 is 0 Å². The Morgan fingerprint density at radius 2 is 1.53 bits per heavy atom. The van der Waals surface area contributed by atoms with E-state index in [1.165, 1.54) is 6.07 Å². The molecule has 0 aliphatic carbocycles. The predicted octanol–water partition coefficient (Wildman–Crippen LogP) is 2.89. The number of nitrogens with two attached hydrogens (primary N) is 1. The van der Waals surface area contributed by atoms with Gasteiger partial charge in [0.05, 0.1) is 0 Å². The van der Waals surface area contributed by atoms with E-state index in [1.807, 2.05) is 0 Å². The van der Waals surface area contributed by atoms with Crippen LogP contribution in [0.3, 0.4) is 0 Å². The minimum Gasteiger partial charge on any atom is -0.399 e. The average molecular weight is 274 g/mol. The number of ketones is 2.